The molecule has 1 aliphatic carbocycles. The molecule has 0 atom stereocenters. The number of H-pyrrole nitrogens is 1. The topological polar surface area (TPSA) is 86.7 Å². The van der Waals surface area contributed by atoms with E-state index in [4.69, 9.17) is 4.98 Å². The molecule has 1 aromatic carbocycles. The van der Waals surface area contributed by atoms with Gasteiger partial charge >= 0.3 is 0 Å². The van der Waals surface area contributed by atoms with Gasteiger partial charge in [0.2, 0.25) is 0 Å². The molecule has 124 valence electrons. The molecule has 0 radical (unpaired) electrons. The van der Waals surface area contributed by atoms with Gasteiger partial charge in [0.05, 0.1) is 35.4 Å². The first-order valence-corrected chi connectivity index (χ1v) is 8.41. The van der Waals surface area contributed by atoms with Crippen LogP contribution in [-0.4, -0.2) is 37.4 Å². The van der Waals surface area contributed by atoms with Crippen LogP contribution in [0.5, 0.6) is 0 Å². The zero-order valence-corrected chi connectivity index (χ0v) is 13.7. The van der Waals surface area contributed by atoms with Crippen molar-refractivity contribution in [2.24, 2.45) is 0 Å². The maximum Gasteiger partial charge on any atom is 0.145 e. The summed E-state index contributed by atoms with van der Waals surface area (Å²) in [7, 11) is 0. The highest BCUT2D eigenvalue weighted by atomic mass is 16.3. The van der Waals surface area contributed by atoms with Crippen LogP contribution in [0.15, 0.2) is 30.6 Å². The largest absolute Gasteiger partial charge is 0.393 e. The molecule has 0 unspecified atom stereocenters. The van der Waals surface area contributed by atoms with Crippen LogP contribution in [0.25, 0.3) is 22.2 Å². The van der Waals surface area contributed by atoms with Gasteiger partial charge in [0, 0.05) is 17.0 Å². The molecule has 1 fully saturated rings. The number of aliphatic hydroxyl groups excluding tert-OH is 1. The lowest BCUT2D eigenvalue weighted by Crippen LogP contribution is -2.28. The molecule has 0 aliphatic heterocycles. The van der Waals surface area contributed by atoms with Gasteiger partial charge in [0.15, 0.2) is 0 Å². The van der Waals surface area contributed by atoms with E-state index in [2.05, 4.69) is 26.6 Å². The Hall–Kier alpha value is -2.47. The van der Waals surface area contributed by atoms with Gasteiger partial charge < -0.3 is 10.4 Å². The fraction of sp³-hybridized carbons (Fsp3) is 0.389. The van der Waals surface area contributed by atoms with Crippen LogP contribution in [-0.2, 0) is 0 Å². The van der Waals surface area contributed by atoms with Gasteiger partial charge in [0.25, 0.3) is 0 Å². The fourth-order valence-electron chi connectivity index (χ4n) is 3.31. The van der Waals surface area contributed by atoms with Crippen LogP contribution in [0.4, 0.5) is 5.82 Å². The summed E-state index contributed by atoms with van der Waals surface area (Å²) in [6.07, 6.45) is 7.02. The van der Waals surface area contributed by atoms with E-state index in [0.717, 1.165) is 59.4 Å². The fourth-order valence-corrected chi connectivity index (χ4v) is 3.31. The van der Waals surface area contributed by atoms with E-state index in [0.29, 0.717) is 6.04 Å². The monoisotopic (exact) mass is 323 g/mol. The second kappa shape index (κ2) is 6.20. The van der Waals surface area contributed by atoms with Crippen LogP contribution in [0, 0.1) is 6.92 Å². The molecule has 2 aromatic heterocycles. The Morgan fingerprint density at radius 3 is 2.83 bits per heavy atom. The summed E-state index contributed by atoms with van der Waals surface area (Å²) in [5.74, 6) is 0.790. The molecular weight excluding hydrogens is 302 g/mol. The minimum absolute atomic E-state index is 0.148. The maximum atomic E-state index is 9.61. The van der Waals surface area contributed by atoms with Crippen molar-refractivity contribution in [3.63, 3.8) is 0 Å². The van der Waals surface area contributed by atoms with E-state index in [-0.39, 0.29) is 6.10 Å². The molecule has 3 aromatic rings. The Balaban J connectivity index is 1.58. The van der Waals surface area contributed by atoms with Crippen LogP contribution >= 0.6 is 0 Å². The molecular formula is C18H21N5O. The third-order valence-electron chi connectivity index (χ3n) is 4.73. The highest BCUT2D eigenvalue weighted by Crippen LogP contribution is 2.25. The van der Waals surface area contributed by atoms with Gasteiger partial charge in [0.1, 0.15) is 5.82 Å². The van der Waals surface area contributed by atoms with Crippen LogP contribution in [0.3, 0.4) is 0 Å². The molecule has 3 N–H and O–H groups in total. The van der Waals surface area contributed by atoms with Crippen LogP contribution < -0.4 is 5.32 Å². The number of fused-ring (bicyclic) bond motifs is 1. The third-order valence-corrected chi connectivity index (χ3v) is 4.73. The van der Waals surface area contributed by atoms with E-state index in [9.17, 15) is 5.11 Å². The number of anilines is 1. The van der Waals surface area contributed by atoms with Crippen LogP contribution in [0.1, 0.15) is 31.4 Å². The van der Waals surface area contributed by atoms with Crippen molar-refractivity contribution in [3.05, 3.63) is 36.3 Å². The number of hydrogen-bond acceptors (Lipinski definition) is 5. The van der Waals surface area contributed by atoms with Gasteiger partial charge in [-0.05, 0) is 44.7 Å². The van der Waals surface area contributed by atoms with Crippen molar-refractivity contribution < 1.29 is 5.11 Å². The lowest BCUT2D eigenvalue weighted by atomic mass is 9.93. The molecule has 0 amide bonds. The number of nitrogens with one attached hydrogen (secondary N) is 2. The van der Waals surface area contributed by atoms with Crippen molar-refractivity contribution >= 4 is 16.7 Å². The van der Waals surface area contributed by atoms with E-state index in [1.165, 1.54) is 0 Å². The lowest BCUT2D eigenvalue weighted by Gasteiger charge is -2.26. The van der Waals surface area contributed by atoms with E-state index in [1.54, 1.807) is 12.4 Å². The van der Waals surface area contributed by atoms with Gasteiger partial charge in [-0.3, -0.25) is 10.1 Å². The number of rotatable bonds is 3. The van der Waals surface area contributed by atoms with Gasteiger partial charge in [-0.2, -0.15) is 5.10 Å². The van der Waals surface area contributed by atoms with Gasteiger partial charge in [-0.25, -0.2) is 4.98 Å². The van der Waals surface area contributed by atoms with Crippen molar-refractivity contribution in [2.75, 3.05) is 5.32 Å². The molecule has 6 heteroatoms. The van der Waals surface area contributed by atoms with E-state index < -0.39 is 0 Å². The van der Waals surface area contributed by atoms with Crippen molar-refractivity contribution in [2.45, 2.75) is 44.8 Å². The molecule has 0 spiro atoms. The molecule has 6 nitrogen and oxygen atoms in total. The van der Waals surface area contributed by atoms with Crippen molar-refractivity contribution in [1.82, 2.24) is 20.2 Å². The Morgan fingerprint density at radius 2 is 2.00 bits per heavy atom. The number of benzene rings is 1. The zero-order chi connectivity index (χ0) is 16.5. The van der Waals surface area contributed by atoms with Crippen molar-refractivity contribution in [3.8, 4) is 11.3 Å². The minimum Gasteiger partial charge on any atom is -0.393 e. The second-order valence-electron chi connectivity index (χ2n) is 6.51. The Bertz CT molecular complexity index is 851. The molecule has 0 bridgehead atoms. The summed E-state index contributed by atoms with van der Waals surface area (Å²) < 4.78 is 0. The Morgan fingerprint density at radius 1 is 1.17 bits per heavy atom. The number of aryl methyl sites for hydroxylation is 1. The highest BCUT2D eigenvalue weighted by molar-refractivity contribution is 5.85. The first-order chi connectivity index (χ1) is 11.7. The minimum atomic E-state index is -0.148. The van der Waals surface area contributed by atoms with Gasteiger partial charge in [-0.15, -0.1) is 0 Å². The standard InChI is InChI=1S/C18H21N5O/c1-11-15-8-12(2-7-16(15)23-22-11)17-9-19-10-18(21-17)20-13-3-5-14(24)6-4-13/h2,7-10,13-14,24H,3-6H2,1H3,(H,20,21)(H,22,23)/t13-,14-. The van der Waals surface area contributed by atoms with E-state index in [1.807, 2.05) is 19.1 Å². The Labute approximate surface area is 140 Å². The average molecular weight is 323 g/mol. The number of nitrogens with zero attached hydrogens (tertiary/aromatic N) is 3. The molecule has 24 heavy (non-hydrogen) atoms. The number of hydrogen-bond donors (Lipinski definition) is 3. The summed E-state index contributed by atoms with van der Waals surface area (Å²) in [5.41, 5.74) is 3.88. The summed E-state index contributed by atoms with van der Waals surface area (Å²) in [5, 5.41) is 21.4. The molecule has 1 aliphatic rings. The number of aromatic amines is 1. The summed E-state index contributed by atoms with van der Waals surface area (Å²) >= 11 is 0. The average Bonchev–Trinajstić information content (AvgIpc) is 2.98. The summed E-state index contributed by atoms with van der Waals surface area (Å²) in [6.45, 7) is 1.99. The number of aliphatic hydroxyl groups is 1. The second-order valence-corrected chi connectivity index (χ2v) is 6.51. The quantitative estimate of drug-likeness (QED) is 0.689. The number of aromatic nitrogens is 4. The normalized spacial score (nSPS) is 21.1. The molecule has 4 rings (SSSR count). The molecule has 1 saturated carbocycles. The summed E-state index contributed by atoms with van der Waals surface area (Å²) in [4.78, 5) is 9.04. The first kappa shape index (κ1) is 15.1. The van der Waals surface area contributed by atoms with Gasteiger partial charge in [-0.1, -0.05) is 6.07 Å². The smallest absolute Gasteiger partial charge is 0.145 e. The highest BCUT2D eigenvalue weighted by Gasteiger charge is 2.19. The summed E-state index contributed by atoms with van der Waals surface area (Å²) in [6, 6.07) is 6.51. The maximum absolute atomic E-state index is 9.61. The predicted molar refractivity (Wildman–Crippen MR) is 93.7 cm³/mol. The SMILES string of the molecule is Cc1n[nH]c2ccc(-c3cncc(N[C@H]4CC[C@H](O)CC4)n3)cc12. The molecule has 0 saturated heterocycles. The Kier molecular flexibility index (Phi) is 3.90. The predicted octanol–water partition coefficient (Wildman–Crippen LogP) is 3.04. The molecule has 2 heterocycles. The zero-order valence-electron chi connectivity index (χ0n) is 13.7. The van der Waals surface area contributed by atoms with Crippen molar-refractivity contribution in [1.29, 1.82) is 0 Å². The lowest BCUT2D eigenvalue weighted by molar-refractivity contribution is 0.126. The first-order valence-electron chi connectivity index (χ1n) is 8.41. The third kappa shape index (κ3) is 2.97. The van der Waals surface area contributed by atoms with E-state index >= 15 is 0 Å². The van der Waals surface area contributed by atoms with Crippen LogP contribution in [0.2, 0.25) is 0 Å².